The smallest absolute Gasteiger partial charge is 0.338 e. The SMILES string of the molecule is COc1ccccc1CN(C)C(=O)COC(=O)c1ccc(CN2C(=O)CCC2=O)cc1. The number of ether oxygens (including phenoxy) is 2. The van der Waals surface area contributed by atoms with Crippen LogP contribution in [0.5, 0.6) is 5.75 Å². The quantitative estimate of drug-likeness (QED) is 0.476. The van der Waals surface area contributed by atoms with Crippen LogP contribution in [0, 0.1) is 0 Å². The molecule has 8 heteroatoms. The standard InChI is InChI=1S/C23H24N2O6/c1-24(14-18-5-3-4-6-19(18)30-2)22(28)15-31-23(29)17-9-7-16(8-10-17)13-25-20(26)11-12-21(25)27/h3-10H,11-15H2,1-2H3. The lowest BCUT2D eigenvalue weighted by atomic mass is 10.1. The molecule has 1 heterocycles. The zero-order chi connectivity index (χ0) is 22.4. The Bertz CT molecular complexity index is 970. The van der Waals surface area contributed by atoms with Gasteiger partial charge in [-0.15, -0.1) is 0 Å². The first kappa shape index (κ1) is 22.0. The Morgan fingerprint density at radius 3 is 2.29 bits per heavy atom. The minimum atomic E-state index is -0.626. The molecule has 0 saturated carbocycles. The van der Waals surface area contributed by atoms with E-state index in [9.17, 15) is 19.2 Å². The van der Waals surface area contributed by atoms with E-state index < -0.39 is 5.97 Å². The van der Waals surface area contributed by atoms with Gasteiger partial charge in [0.15, 0.2) is 6.61 Å². The Morgan fingerprint density at radius 2 is 1.65 bits per heavy atom. The number of likely N-dealkylation sites (tertiary alicyclic amines) is 1. The highest BCUT2D eigenvalue weighted by Crippen LogP contribution is 2.19. The highest BCUT2D eigenvalue weighted by Gasteiger charge is 2.28. The molecule has 3 amide bonds. The molecule has 0 unspecified atom stereocenters. The lowest BCUT2D eigenvalue weighted by Gasteiger charge is -2.18. The molecule has 2 aromatic rings. The maximum absolute atomic E-state index is 12.3. The molecule has 1 saturated heterocycles. The maximum Gasteiger partial charge on any atom is 0.338 e. The number of benzene rings is 2. The number of para-hydroxylation sites is 1. The zero-order valence-corrected chi connectivity index (χ0v) is 17.5. The summed E-state index contributed by atoms with van der Waals surface area (Å²) < 4.78 is 10.4. The summed E-state index contributed by atoms with van der Waals surface area (Å²) in [6.45, 7) is 0.116. The molecule has 0 N–H and O–H groups in total. The number of methoxy groups -OCH3 is 1. The number of likely N-dealkylation sites (N-methyl/N-ethyl adjacent to an activating group) is 1. The van der Waals surface area contributed by atoms with Crippen molar-refractivity contribution in [2.45, 2.75) is 25.9 Å². The summed E-state index contributed by atoms with van der Waals surface area (Å²) in [6, 6.07) is 13.8. The highest BCUT2D eigenvalue weighted by molar-refractivity contribution is 6.01. The van der Waals surface area contributed by atoms with Crippen molar-refractivity contribution in [1.29, 1.82) is 0 Å². The Kier molecular flexibility index (Phi) is 7.02. The first-order valence-corrected chi connectivity index (χ1v) is 9.84. The molecule has 31 heavy (non-hydrogen) atoms. The van der Waals surface area contributed by atoms with Gasteiger partial charge in [0.2, 0.25) is 11.8 Å². The van der Waals surface area contributed by atoms with E-state index in [1.165, 1.54) is 9.80 Å². The van der Waals surface area contributed by atoms with Crippen LogP contribution < -0.4 is 4.74 Å². The average molecular weight is 424 g/mol. The average Bonchev–Trinajstić information content (AvgIpc) is 3.10. The molecule has 0 radical (unpaired) electrons. The summed E-state index contributed by atoms with van der Waals surface area (Å²) >= 11 is 0. The maximum atomic E-state index is 12.3. The van der Waals surface area contributed by atoms with Crippen LogP contribution in [0.4, 0.5) is 0 Å². The summed E-state index contributed by atoms with van der Waals surface area (Å²) in [5.41, 5.74) is 1.86. The fourth-order valence-electron chi connectivity index (χ4n) is 3.23. The number of imide groups is 1. The molecule has 3 rings (SSSR count). The van der Waals surface area contributed by atoms with Crippen LogP contribution in [0.2, 0.25) is 0 Å². The summed E-state index contributed by atoms with van der Waals surface area (Å²) in [5.74, 6) is -0.675. The number of hydrogen-bond donors (Lipinski definition) is 0. The molecule has 0 aromatic heterocycles. The molecular formula is C23H24N2O6. The van der Waals surface area contributed by atoms with Gasteiger partial charge in [0.1, 0.15) is 5.75 Å². The van der Waals surface area contributed by atoms with Gasteiger partial charge < -0.3 is 14.4 Å². The molecule has 2 aromatic carbocycles. The van der Waals surface area contributed by atoms with Gasteiger partial charge in [0.25, 0.3) is 5.91 Å². The summed E-state index contributed by atoms with van der Waals surface area (Å²) in [7, 11) is 3.19. The topological polar surface area (TPSA) is 93.2 Å². The van der Waals surface area contributed by atoms with E-state index in [0.29, 0.717) is 12.3 Å². The summed E-state index contributed by atoms with van der Waals surface area (Å²) in [6.07, 6.45) is 0.478. The van der Waals surface area contributed by atoms with E-state index in [1.54, 1.807) is 38.4 Å². The van der Waals surface area contributed by atoms with E-state index in [1.807, 2.05) is 24.3 Å². The molecule has 0 aliphatic carbocycles. The van der Waals surface area contributed by atoms with Crippen LogP contribution in [0.15, 0.2) is 48.5 Å². The fourth-order valence-corrected chi connectivity index (χ4v) is 3.23. The Balaban J connectivity index is 1.51. The van der Waals surface area contributed by atoms with Crippen molar-refractivity contribution in [3.63, 3.8) is 0 Å². The van der Waals surface area contributed by atoms with Crippen molar-refractivity contribution in [1.82, 2.24) is 9.80 Å². The van der Waals surface area contributed by atoms with Gasteiger partial charge in [-0.2, -0.15) is 0 Å². The molecule has 0 bridgehead atoms. The van der Waals surface area contributed by atoms with Crippen molar-refractivity contribution in [3.8, 4) is 5.75 Å². The van der Waals surface area contributed by atoms with Gasteiger partial charge >= 0.3 is 5.97 Å². The largest absolute Gasteiger partial charge is 0.496 e. The monoisotopic (exact) mass is 424 g/mol. The summed E-state index contributed by atoms with van der Waals surface area (Å²) in [5, 5.41) is 0. The van der Waals surface area contributed by atoms with Crippen LogP contribution in [0.25, 0.3) is 0 Å². The Hall–Kier alpha value is -3.68. The van der Waals surface area contributed by atoms with E-state index in [2.05, 4.69) is 0 Å². The molecule has 1 fully saturated rings. The van der Waals surface area contributed by atoms with E-state index in [4.69, 9.17) is 9.47 Å². The summed E-state index contributed by atoms with van der Waals surface area (Å²) in [4.78, 5) is 50.7. The predicted octanol–water partition coefficient (Wildman–Crippen LogP) is 2.16. The van der Waals surface area contributed by atoms with E-state index in [-0.39, 0.29) is 49.3 Å². The highest BCUT2D eigenvalue weighted by atomic mass is 16.5. The zero-order valence-electron chi connectivity index (χ0n) is 17.5. The van der Waals surface area contributed by atoms with Crippen molar-refractivity contribution in [3.05, 3.63) is 65.2 Å². The molecule has 8 nitrogen and oxygen atoms in total. The second kappa shape index (κ2) is 9.88. The fraction of sp³-hybridized carbons (Fsp3) is 0.304. The first-order chi connectivity index (χ1) is 14.9. The molecule has 1 aliphatic rings. The van der Waals surface area contributed by atoms with E-state index in [0.717, 1.165) is 11.1 Å². The van der Waals surface area contributed by atoms with Crippen LogP contribution in [-0.2, 0) is 32.2 Å². The lowest BCUT2D eigenvalue weighted by molar-refractivity contribution is -0.139. The number of carbonyl (C=O) groups excluding carboxylic acids is 4. The van der Waals surface area contributed by atoms with Crippen molar-refractivity contribution >= 4 is 23.7 Å². The van der Waals surface area contributed by atoms with Crippen molar-refractivity contribution in [2.24, 2.45) is 0 Å². The third-order valence-electron chi connectivity index (χ3n) is 5.04. The first-order valence-electron chi connectivity index (χ1n) is 9.84. The van der Waals surface area contributed by atoms with Crippen LogP contribution in [0.3, 0.4) is 0 Å². The van der Waals surface area contributed by atoms with Gasteiger partial charge in [-0.05, 0) is 23.8 Å². The number of rotatable bonds is 8. The number of carbonyl (C=O) groups is 4. The van der Waals surface area contributed by atoms with Crippen molar-refractivity contribution < 1.29 is 28.7 Å². The molecule has 1 aliphatic heterocycles. The van der Waals surface area contributed by atoms with E-state index >= 15 is 0 Å². The number of esters is 1. The second-order valence-corrected chi connectivity index (χ2v) is 7.21. The van der Waals surface area contributed by atoms with Gasteiger partial charge in [0.05, 0.1) is 19.2 Å². The van der Waals surface area contributed by atoms with Crippen molar-refractivity contribution in [2.75, 3.05) is 20.8 Å². The van der Waals surface area contributed by atoms with Crippen LogP contribution >= 0.6 is 0 Å². The number of hydrogen-bond acceptors (Lipinski definition) is 6. The normalized spacial score (nSPS) is 13.3. The third kappa shape index (κ3) is 5.48. The molecule has 162 valence electrons. The van der Waals surface area contributed by atoms with Gasteiger partial charge in [-0.1, -0.05) is 30.3 Å². The predicted molar refractivity (Wildman–Crippen MR) is 111 cm³/mol. The minimum Gasteiger partial charge on any atom is -0.496 e. The molecule has 0 spiro atoms. The molecular weight excluding hydrogens is 400 g/mol. The van der Waals surface area contributed by atoms with Gasteiger partial charge in [-0.25, -0.2) is 4.79 Å². The Morgan fingerprint density at radius 1 is 1.00 bits per heavy atom. The van der Waals surface area contributed by atoms with Crippen LogP contribution in [0.1, 0.15) is 34.3 Å². The number of amides is 3. The minimum absolute atomic E-state index is 0.180. The Labute approximate surface area is 180 Å². The second-order valence-electron chi connectivity index (χ2n) is 7.21. The van der Waals surface area contributed by atoms with Gasteiger partial charge in [-0.3, -0.25) is 19.3 Å². The van der Waals surface area contributed by atoms with Gasteiger partial charge in [0, 0.05) is 32.0 Å². The lowest BCUT2D eigenvalue weighted by Crippen LogP contribution is -2.31. The third-order valence-corrected chi connectivity index (χ3v) is 5.04. The van der Waals surface area contributed by atoms with Crippen LogP contribution in [-0.4, -0.2) is 54.3 Å². The number of nitrogens with zero attached hydrogens (tertiary/aromatic N) is 2. The molecule has 0 atom stereocenters.